The molecule has 0 aliphatic carbocycles. The third-order valence-electron chi connectivity index (χ3n) is 2.47. The molecule has 0 saturated carbocycles. The quantitative estimate of drug-likeness (QED) is 0.512. The van der Waals surface area contributed by atoms with Crippen LogP contribution in [0.25, 0.3) is 0 Å². The Balaban J connectivity index is 1.80. The number of halogens is 2. The van der Waals surface area contributed by atoms with E-state index in [-0.39, 0.29) is 16.8 Å². The summed E-state index contributed by atoms with van der Waals surface area (Å²) in [5.74, 6) is -0.339. The Morgan fingerprint density at radius 1 is 1.18 bits per heavy atom. The van der Waals surface area contributed by atoms with Crippen molar-refractivity contribution in [3.8, 4) is 5.75 Å². The summed E-state index contributed by atoms with van der Waals surface area (Å²) >= 11 is 4.99. The molecule has 2 rings (SSSR count). The first kappa shape index (κ1) is 15.7. The highest BCUT2D eigenvalue weighted by Gasteiger charge is 2.06. The summed E-state index contributed by atoms with van der Waals surface area (Å²) in [5, 5.41) is 2.92. The molecule has 0 saturated heterocycles. The van der Waals surface area contributed by atoms with Crippen molar-refractivity contribution in [1.82, 2.24) is 15.8 Å². The number of H-pyrrole nitrogens is 1. The van der Waals surface area contributed by atoms with Gasteiger partial charge in [0.2, 0.25) is 0 Å². The second-order valence-corrected chi connectivity index (χ2v) is 4.43. The molecule has 0 aliphatic rings. The van der Waals surface area contributed by atoms with Crippen LogP contribution in [0.2, 0.25) is 0 Å². The highest BCUT2D eigenvalue weighted by molar-refractivity contribution is 7.80. The van der Waals surface area contributed by atoms with Crippen molar-refractivity contribution >= 4 is 28.9 Å². The van der Waals surface area contributed by atoms with E-state index in [1.54, 1.807) is 18.3 Å². The van der Waals surface area contributed by atoms with Crippen LogP contribution in [0.5, 0.6) is 5.75 Å². The lowest BCUT2D eigenvalue weighted by molar-refractivity contribution is -0.0498. The summed E-state index contributed by atoms with van der Waals surface area (Å²) in [7, 11) is 0. The van der Waals surface area contributed by atoms with Crippen molar-refractivity contribution in [3.05, 3.63) is 48.3 Å². The molecule has 0 spiro atoms. The fourth-order valence-electron chi connectivity index (χ4n) is 1.53. The Morgan fingerprint density at radius 3 is 2.50 bits per heavy atom. The van der Waals surface area contributed by atoms with Crippen molar-refractivity contribution in [1.29, 1.82) is 0 Å². The van der Waals surface area contributed by atoms with Crippen LogP contribution in [-0.4, -0.2) is 22.6 Å². The number of hydrogen-bond donors (Lipinski definition) is 4. The monoisotopic (exact) mass is 326 g/mol. The summed E-state index contributed by atoms with van der Waals surface area (Å²) in [5.41, 5.74) is 5.84. The molecule has 0 unspecified atom stereocenters. The summed E-state index contributed by atoms with van der Waals surface area (Å²) < 4.78 is 28.2. The van der Waals surface area contributed by atoms with E-state index in [1.165, 1.54) is 24.3 Å². The maximum Gasteiger partial charge on any atom is 0.387 e. The standard InChI is InChI=1S/C13H12F2N4O2S/c14-12(15)21-9-5-3-8(4-6-9)17-13(22)19-18-11(20)10-2-1-7-16-10/h1-7,12,16H,(H,18,20)(H2,17,19,22). The number of ether oxygens (including phenoxy) is 1. The largest absolute Gasteiger partial charge is 0.435 e. The molecule has 0 aliphatic heterocycles. The first-order valence-electron chi connectivity index (χ1n) is 6.10. The number of rotatable bonds is 4. The molecule has 1 amide bonds. The Kier molecular flexibility index (Phi) is 5.26. The molecule has 0 atom stereocenters. The summed E-state index contributed by atoms with van der Waals surface area (Å²) in [6.07, 6.45) is 1.62. The average Bonchev–Trinajstić information content (AvgIpc) is 3.00. The third kappa shape index (κ3) is 4.70. The molecule has 116 valence electrons. The van der Waals surface area contributed by atoms with Gasteiger partial charge in [-0.05, 0) is 48.6 Å². The number of hydrogen-bond acceptors (Lipinski definition) is 3. The van der Waals surface area contributed by atoms with Gasteiger partial charge in [-0.3, -0.25) is 15.6 Å². The van der Waals surface area contributed by atoms with E-state index in [0.717, 1.165) is 0 Å². The number of hydrazine groups is 1. The molecule has 2 aromatic rings. The van der Waals surface area contributed by atoms with E-state index in [2.05, 4.69) is 25.9 Å². The fraction of sp³-hybridized carbons (Fsp3) is 0.0769. The van der Waals surface area contributed by atoms with Crippen LogP contribution in [0.3, 0.4) is 0 Å². The van der Waals surface area contributed by atoms with Gasteiger partial charge in [0.25, 0.3) is 5.91 Å². The second-order valence-electron chi connectivity index (χ2n) is 4.02. The van der Waals surface area contributed by atoms with Crippen LogP contribution in [0.15, 0.2) is 42.6 Å². The number of nitrogens with one attached hydrogen (secondary N) is 4. The van der Waals surface area contributed by atoms with Gasteiger partial charge < -0.3 is 15.0 Å². The minimum Gasteiger partial charge on any atom is -0.435 e. The van der Waals surface area contributed by atoms with Crippen molar-refractivity contribution in [2.75, 3.05) is 5.32 Å². The normalized spacial score (nSPS) is 10.1. The van der Waals surface area contributed by atoms with Crippen LogP contribution >= 0.6 is 12.2 Å². The van der Waals surface area contributed by atoms with Gasteiger partial charge in [0.15, 0.2) is 5.11 Å². The number of carbonyl (C=O) groups is 1. The summed E-state index contributed by atoms with van der Waals surface area (Å²) in [6, 6.07) is 9.06. The van der Waals surface area contributed by atoms with Gasteiger partial charge in [-0.2, -0.15) is 8.78 Å². The van der Waals surface area contributed by atoms with Gasteiger partial charge in [0.05, 0.1) is 0 Å². The van der Waals surface area contributed by atoms with E-state index in [1.807, 2.05) is 0 Å². The van der Waals surface area contributed by atoms with E-state index in [9.17, 15) is 13.6 Å². The molecule has 4 N–H and O–H groups in total. The lowest BCUT2D eigenvalue weighted by Gasteiger charge is -2.11. The van der Waals surface area contributed by atoms with Gasteiger partial charge in [0.1, 0.15) is 11.4 Å². The molecule has 9 heteroatoms. The van der Waals surface area contributed by atoms with Gasteiger partial charge in [-0.1, -0.05) is 0 Å². The number of alkyl halides is 2. The van der Waals surface area contributed by atoms with Gasteiger partial charge in [0, 0.05) is 11.9 Å². The Bertz CT molecular complexity index is 632. The fourth-order valence-corrected chi connectivity index (χ4v) is 1.70. The van der Waals surface area contributed by atoms with Crippen molar-refractivity contribution < 1.29 is 18.3 Å². The predicted molar refractivity (Wildman–Crippen MR) is 80.7 cm³/mol. The van der Waals surface area contributed by atoms with Crippen molar-refractivity contribution in [3.63, 3.8) is 0 Å². The number of aromatic amines is 1. The van der Waals surface area contributed by atoms with Gasteiger partial charge in [-0.25, -0.2) is 0 Å². The number of carbonyl (C=O) groups excluding carboxylic acids is 1. The zero-order chi connectivity index (χ0) is 15.9. The van der Waals surface area contributed by atoms with E-state index in [4.69, 9.17) is 12.2 Å². The molecular weight excluding hydrogens is 314 g/mol. The highest BCUT2D eigenvalue weighted by Crippen LogP contribution is 2.17. The second kappa shape index (κ2) is 7.36. The van der Waals surface area contributed by atoms with Gasteiger partial charge >= 0.3 is 6.61 Å². The maximum atomic E-state index is 12.0. The maximum absolute atomic E-state index is 12.0. The van der Waals surface area contributed by atoms with Crippen LogP contribution in [0.1, 0.15) is 10.5 Å². The first-order valence-corrected chi connectivity index (χ1v) is 6.51. The lowest BCUT2D eigenvalue weighted by Crippen LogP contribution is -2.43. The summed E-state index contributed by atoms with van der Waals surface area (Å²) in [6.45, 7) is -2.87. The van der Waals surface area contributed by atoms with Crippen LogP contribution in [-0.2, 0) is 0 Å². The number of benzene rings is 1. The van der Waals surface area contributed by atoms with Crippen LogP contribution in [0, 0.1) is 0 Å². The summed E-state index contributed by atoms with van der Waals surface area (Å²) in [4.78, 5) is 14.4. The van der Waals surface area contributed by atoms with Crippen LogP contribution < -0.4 is 20.9 Å². The number of aromatic nitrogens is 1. The topological polar surface area (TPSA) is 78.2 Å². The average molecular weight is 326 g/mol. The minimum atomic E-state index is -2.87. The number of thiocarbonyl (C=S) groups is 1. The molecule has 0 radical (unpaired) electrons. The zero-order valence-corrected chi connectivity index (χ0v) is 11.9. The third-order valence-corrected chi connectivity index (χ3v) is 2.67. The van der Waals surface area contributed by atoms with E-state index in [0.29, 0.717) is 11.4 Å². The molecule has 22 heavy (non-hydrogen) atoms. The van der Waals surface area contributed by atoms with Crippen molar-refractivity contribution in [2.45, 2.75) is 6.61 Å². The Morgan fingerprint density at radius 2 is 1.91 bits per heavy atom. The molecule has 0 bridgehead atoms. The first-order chi connectivity index (χ1) is 10.5. The molecule has 0 fully saturated rings. The molecule has 1 heterocycles. The highest BCUT2D eigenvalue weighted by atomic mass is 32.1. The number of anilines is 1. The smallest absolute Gasteiger partial charge is 0.387 e. The lowest BCUT2D eigenvalue weighted by atomic mass is 10.3. The van der Waals surface area contributed by atoms with Crippen molar-refractivity contribution in [2.24, 2.45) is 0 Å². The Hall–Kier alpha value is -2.68. The SMILES string of the molecule is O=C(NNC(=S)Nc1ccc(OC(F)F)cc1)c1ccc[nH]1. The zero-order valence-electron chi connectivity index (χ0n) is 11.1. The molecule has 6 nitrogen and oxygen atoms in total. The molecular formula is C13H12F2N4O2S. The minimum absolute atomic E-state index is 0.0412. The van der Waals surface area contributed by atoms with Gasteiger partial charge in [-0.15, -0.1) is 0 Å². The van der Waals surface area contributed by atoms with E-state index < -0.39 is 6.61 Å². The number of amides is 1. The molecule has 1 aromatic heterocycles. The van der Waals surface area contributed by atoms with Crippen LogP contribution in [0.4, 0.5) is 14.5 Å². The van der Waals surface area contributed by atoms with E-state index >= 15 is 0 Å². The predicted octanol–water partition coefficient (Wildman–Crippen LogP) is 2.25. The molecule has 1 aromatic carbocycles. The Labute approximate surface area is 129 Å².